The fourth-order valence-electron chi connectivity index (χ4n) is 1.15. The van der Waals surface area contributed by atoms with Crippen molar-refractivity contribution in [2.75, 3.05) is 0 Å². The van der Waals surface area contributed by atoms with E-state index in [-0.39, 0.29) is 6.54 Å². The second-order valence-electron chi connectivity index (χ2n) is 3.20. The van der Waals surface area contributed by atoms with Crippen molar-refractivity contribution in [1.29, 1.82) is 0 Å². The highest BCUT2D eigenvalue weighted by Crippen LogP contribution is 2.14. The normalized spacial score (nSPS) is 11.2. The molecule has 0 saturated carbocycles. The molecule has 0 atom stereocenters. The molecule has 1 aromatic carbocycles. The number of carbonyl (C=O) groups is 1. The van der Waals surface area contributed by atoms with Crippen molar-refractivity contribution in [2.24, 2.45) is 5.73 Å². The lowest BCUT2D eigenvalue weighted by Gasteiger charge is -2.08. The summed E-state index contributed by atoms with van der Waals surface area (Å²) in [5.41, 5.74) is 6.76. The Labute approximate surface area is 90.4 Å². The molecule has 0 aliphatic rings. The molecule has 1 rings (SSSR count). The first-order valence-corrected chi connectivity index (χ1v) is 4.56. The summed E-state index contributed by atoms with van der Waals surface area (Å²) < 4.78 is 35.6. The average molecular weight is 232 g/mol. The minimum atomic E-state index is -4.84. The van der Waals surface area contributed by atoms with Gasteiger partial charge in [-0.3, -0.25) is 4.79 Å². The molecule has 0 radical (unpaired) electrons. The second-order valence-corrected chi connectivity index (χ2v) is 3.20. The van der Waals surface area contributed by atoms with Gasteiger partial charge in [0.05, 0.1) is 0 Å². The summed E-state index contributed by atoms with van der Waals surface area (Å²) in [6, 6.07) is 6.71. The minimum Gasteiger partial charge on any atom is -0.344 e. The van der Waals surface area contributed by atoms with Crippen molar-refractivity contribution in [2.45, 2.75) is 19.3 Å². The minimum absolute atomic E-state index is 0.161. The molecule has 0 aliphatic carbocycles. The topological polar surface area (TPSA) is 55.1 Å². The van der Waals surface area contributed by atoms with Crippen LogP contribution in [0.25, 0.3) is 0 Å². The third kappa shape index (κ3) is 3.54. The maximum Gasteiger partial charge on any atom is 0.471 e. The van der Waals surface area contributed by atoms with Gasteiger partial charge in [0.25, 0.3) is 0 Å². The summed E-state index contributed by atoms with van der Waals surface area (Å²) in [5, 5.41) is 1.79. The van der Waals surface area contributed by atoms with Gasteiger partial charge in [-0.15, -0.1) is 0 Å². The molecule has 0 unspecified atom stereocenters. The van der Waals surface area contributed by atoms with Gasteiger partial charge in [-0.25, -0.2) is 0 Å². The molecule has 3 nitrogen and oxygen atoms in total. The van der Waals surface area contributed by atoms with Crippen LogP contribution in [-0.4, -0.2) is 12.1 Å². The van der Waals surface area contributed by atoms with E-state index < -0.39 is 12.1 Å². The van der Waals surface area contributed by atoms with Gasteiger partial charge >= 0.3 is 12.1 Å². The Morgan fingerprint density at radius 3 is 2.50 bits per heavy atom. The molecule has 0 spiro atoms. The average Bonchev–Trinajstić information content (AvgIpc) is 2.25. The summed E-state index contributed by atoms with van der Waals surface area (Å²) in [6.45, 7) is 0.146. The predicted octanol–water partition coefficient (Wildman–Crippen LogP) is 1.32. The lowest BCUT2D eigenvalue weighted by molar-refractivity contribution is -0.173. The zero-order valence-electron chi connectivity index (χ0n) is 8.34. The number of alkyl halides is 3. The molecule has 0 bridgehead atoms. The zero-order valence-corrected chi connectivity index (χ0v) is 8.34. The van der Waals surface area contributed by atoms with Crippen LogP contribution < -0.4 is 11.1 Å². The number of halogens is 3. The van der Waals surface area contributed by atoms with Crippen LogP contribution in [0.4, 0.5) is 13.2 Å². The van der Waals surface area contributed by atoms with Crippen molar-refractivity contribution in [1.82, 2.24) is 5.32 Å². The standard InChI is InChI=1S/C10H11F3N2O/c11-10(12,13)9(16)15-6-8-3-1-2-7(4-8)5-14/h1-4H,5-6,14H2,(H,15,16). The fourth-order valence-corrected chi connectivity index (χ4v) is 1.15. The van der Waals surface area contributed by atoms with Crippen molar-refractivity contribution in [3.63, 3.8) is 0 Å². The molecule has 88 valence electrons. The molecule has 0 fully saturated rings. The van der Waals surface area contributed by atoms with Gasteiger partial charge in [-0.1, -0.05) is 24.3 Å². The number of nitrogens with two attached hydrogens (primary N) is 1. The van der Waals surface area contributed by atoms with Gasteiger partial charge in [0.2, 0.25) is 0 Å². The smallest absolute Gasteiger partial charge is 0.344 e. The Kier molecular flexibility index (Phi) is 3.89. The van der Waals surface area contributed by atoms with E-state index in [1.165, 1.54) is 0 Å². The quantitative estimate of drug-likeness (QED) is 0.825. The Morgan fingerprint density at radius 2 is 1.94 bits per heavy atom. The van der Waals surface area contributed by atoms with Crippen LogP contribution in [0.2, 0.25) is 0 Å². The number of nitrogens with one attached hydrogen (secondary N) is 1. The molecule has 0 aliphatic heterocycles. The molecule has 1 aromatic rings. The molecular formula is C10H11F3N2O. The lowest BCUT2D eigenvalue weighted by Crippen LogP contribution is -2.36. The number of hydrogen-bond donors (Lipinski definition) is 2. The number of hydrogen-bond acceptors (Lipinski definition) is 2. The fraction of sp³-hybridized carbons (Fsp3) is 0.300. The first kappa shape index (κ1) is 12.5. The van der Waals surface area contributed by atoms with E-state index in [1.54, 1.807) is 29.6 Å². The summed E-state index contributed by atoms with van der Waals surface area (Å²) >= 11 is 0. The van der Waals surface area contributed by atoms with E-state index in [1.807, 2.05) is 0 Å². The van der Waals surface area contributed by atoms with E-state index in [0.717, 1.165) is 5.56 Å². The number of amides is 1. The Hall–Kier alpha value is -1.56. The summed E-state index contributed by atoms with van der Waals surface area (Å²) in [7, 11) is 0. The molecule has 1 amide bonds. The Morgan fingerprint density at radius 1 is 1.31 bits per heavy atom. The van der Waals surface area contributed by atoms with Crippen molar-refractivity contribution in [3.05, 3.63) is 35.4 Å². The van der Waals surface area contributed by atoms with Gasteiger partial charge in [-0.2, -0.15) is 13.2 Å². The molecule has 16 heavy (non-hydrogen) atoms. The van der Waals surface area contributed by atoms with E-state index in [9.17, 15) is 18.0 Å². The van der Waals surface area contributed by atoms with Crippen LogP contribution in [0.15, 0.2) is 24.3 Å². The first-order valence-electron chi connectivity index (χ1n) is 4.56. The van der Waals surface area contributed by atoms with Crippen molar-refractivity contribution < 1.29 is 18.0 Å². The van der Waals surface area contributed by atoms with Crippen LogP contribution >= 0.6 is 0 Å². The van der Waals surface area contributed by atoms with Crippen LogP contribution in [0, 0.1) is 0 Å². The summed E-state index contributed by atoms with van der Waals surface area (Å²) in [6.07, 6.45) is -4.84. The summed E-state index contributed by atoms with van der Waals surface area (Å²) in [4.78, 5) is 10.5. The molecular weight excluding hydrogens is 221 g/mol. The largest absolute Gasteiger partial charge is 0.471 e. The van der Waals surface area contributed by atoms with Crippen LogP contribution in [0.5, 0.6) is 0 Å². The lowest BCUT2D eigenvalue weighted by atomic mass is 10.1. The Balaban J connectivity index is 2.58. The van der Waals surface area contributed by atoms with E-state index >= 15 is 0 Å². The van der Waals surface area contributed by atoms with Gasteiger partial charge < -0.3 is 11.1 Å². The molecule has 0 aromatic heterocycles. The molecule has 0 saturated heterocycles. The zero-order chi connectivity index (χ0) is 12.2. The first-order chi connectivity index (χ1) is 7.43. The third-order valence-corrected chi connectivity index (χ3v) is 1.94. The van der Waals surface area contributed by atoms with Gasteiger partial charge in [0.15, 0.2) is 0 Å². The monoisotopic (exact) mass is 232 g/mol. The molecule has 0 heterocycles. The molecule has 6 heteroatoms. The predicted molar refractivity (Wildman–Crippen MR) is 52.2 cm³/mol. The maximum atomic E-state index is 11.9. The van der Waals surface area contributed by atoms with Crippen LogP contribution in [0.3, 0.4) is 0 Å². The van der Waals surface area contributed by atoms with Gasteiger partial charge in [0, 0.05) is 13.1 Å². The highest BCUT2D eigenvalue weighted by atomic mass is 19.4. The highest BCUT2D eigenvalue weighted by molar-refractivity contribution is 5.81. The van der Waals surface area contributed by atoms with E-state index in [2.05, 4.69) is 0 Å². The van der Waals surface area contributed by atoms with Crippen LogP contribution in [0.1, 0.15) is 11.1 Å². The summed E-state index contributed by atoms with van der Waals surface area (Å²) in [5.74, 6) is -1.94. The van der Waals surface area contributed by atoms with E-state index in [0.29, 0.717) is 12.1 Å². The highest BCUT2D eigenvalue weighted by Gasteiger charge is 2.38. The molecule has 3 N–H and O–H groups in total. The van der Waals surface area contributed by atoms with Crippen molar-refractivity contribution >= 4 is 5.91 Å². The number of rotatable bonds is 3. The SMILES string of the molecule is NCc1cccc(CNC(=O)C(F)(F)F)c1. The van der Waals surface area contributed by atoms with Crippen molar-refractivity contribution in [3.8, 4) is 0 Å². The number of benzene rings is 1. The van der Waals surface area contributed by atoms with E-state index in [4.69, 9.17) is 5.73 Å². The van der Waals surface area contributed by atoms with Gasteiger partial charge in [0.1, 0.15) is 0 Å². The second kappa shape index (κ2) is 4.98. The van der Waals surface area contributed by atoms with Crippen LogP contribution in [-0.2, 0) is 17.9 Å². The third-order valence-electron chi connectivity index (χ3n) is 1.94. The van der Waals surface area contributed by atoms with Gasteiger partial charge in [-0.05, 0) is 11.1 Å². The Bertz CT molecular complexity index is 377. The maximum absolute atomic E-state index is 11.9. The number of carbonyl (C=O) groups excluding carboxylic acids is 1.